The summed E-state index contributed by atoms with van der Waals surface area (Å²) in [4.78, 5) is 1.04. The standard InChI is InChI=1S/C28H33F4N3O2S/c1-4-7-22(29)24(13-15-36)34-23-9-5-10-26-21(23)16-19(35(26)18-28(30,31)32)8-6-14-33-25-12-11-20(38-3)17-27(25)37-2/h5,9-12,16-17,22,24,33-34,36H,4,7,13-15,18H2,1-3H3. The van der Waals surface area contributed by atoms with Crippen LogP contribution < -0.4 is 15.4 Å². The Morgan fingerprint density at radius 1 is 1.13 bits per heavy atom. The van der Waals surface area contributed by atoms with Gasteiger partial charge in [-0.05, 0) is 61.4 Å². The molecule has 0 amide bonds. The van der Waals surface area contributed by atoms with Crippen LogP contribution in [0.3, 0.4) is 0 Å². The Kier molecular flexibility index (Phi) is 10.6. The lowest BCUT2D eigenvalue weighted by molar-refractivity contribution is -0.140. The van der Waals surface area contributed by atoms with Crippen molar-refractivity contribution in [2.24, 2.45) is 0 Å². The Morgan fingerprint density at radius 2 is 1.92 bits per heavy atom. The highest BCUT2D eigenvalue weighted by molar-refractivity contribution is 7.98. The topological polar surface area (TPSA) is 58.4 Å². The largest absolute Gasteiger partial charge is 0.495 e. The molecule has 3 rings (SSSR count). The van der Waals surface area contributed by atoms with E-state index >= 15 is 0 Å². The summed E-state index contributed by atoms with van der Waals surface area (Å²) in [6, 6.07) is 11.5. The van der Waals surface area contributed by atoms with E-state index in [1.54, 1.807) is 43.1 Å². The van der Waals surface area contributed by atoms with Gasteiger partial charge in [-0.15, -0.1) is 11.8 Å². The Hall–Kier alpha value is -3.03. The summed E-state index contributed by atoms with van der Waals surface area (Å²) in [6.07, 6.45) is -2.56. The summed E-state index contributed by atoms with van der Waals surface area (Å²) < 4.78 is 61.7. The number of aliphatic hydroxyl groups is 1. The number of rotatable bonds is 12. The smallest absolute Gasteiger partial charge is 0.406 e. The number of hydrogen-bond acceptors (Lipinski definition) is 5. The number of halogens is 4. The summed E-state index contributed by atoms with van der Waals surface area (Å²) in [5.41, 5.74) is 1.76. The highest BCUT2D eigenvalue weighted by atomic mass is 32.2. The molecule has 3 N–H and O–H groups in total. The van der Waals surface area contributed by atoms with Gasteiger partial charge in [0.25, 0.3) is 0 Å². The second-order valence-electron chi connectivity index (χ2n) is 8.76. The predicted octanol–water partition coefficient (Wildman–Crippen LogP) is 6.70. The first-order valence-corrected chi connectivity index (χ1v) is 13.6. The molecule has 2 aromatic carbocycles. The van der Waals surface area contributed by atoms with Crippen LogP contribution in [0.25, 0.3) is 10.9 Å². The molecule has 1 aromatic heterocycles. The van der Waals surface area contributed by atoms with Gasteiger partial charge < -0.3 is 25.0 Å². The monoisotopic (exact) mass is 551 g/mol. The Balaban J connectivity index is 1.92. The van der Waals surface area contributed by atoms with Crippen molar-refractivity contribution in [1.82, 2.24) is 4.57 Å². The van der Waals surface area contributed by atoms with Crippen molar-refractivity contribution in [1.29, 1.82) is 0 Å². The lowest BCUT2D eigenvalue weighted by atomic mass is 10.0. The molecule has 0 saturated heterocycles. The minimum Gasteiger partial charge on any atom is -0.495 e. The van der Waals surface area contributed by atoms with Crippen LogP contribution in [0.2, 0.25) is 0 Å². The minimum absolute atomic E-state index is 0.181. The van der Waals surface area contributed by atoms with Crippen molar-refractivity contribution in [3.8, 4) is 17.6 Å². The quantitative estimate of drug-likeness (QED) is 0.133. The van der Waals surface area contributed by atoms with Gasteiger partial charge in [0.05, 0.1) is 36.6 Å². The van der Waals surface area contributed by atoms with Crippen molar-refractivity contribution >= 4 is 34.0 Å². The second-order valence-corrected chi connectivity index (χ2v) is 9.64. The SMILES string of the molecule is CCCC(F)C(CCO)Nc1cccc2c1cc(C#CCNc1ccc(SC)cc1OC)n2CC(F)(F)F. The van der Waals surface area contributed by atoms with Gasteiger partial charge in [-0.25, -0.2) is 4.39 Å². The summed E-state index contributed by atoms with van der Waals surface area (Å²) in [7, 11) is 1.57. The first kappa shape index (κ1) is 29.5. The van der Waals surface area contributed by atoms with Crippen LogP contribution >= 0.6 is 11.8 Å². The highest BCUT2D eigenvalue weighted by Crippen LogP contribution is 2.32. The normalized spacial score (nSPS) is 13.1. The average molecular weight is 552 g/mol. The van der Waals surface area contributed by atoms with E-state index in [1.165, 1.54) is 0 Å². The fraction of sp³-hybridized carbons (Fsp3) is 0.429. The molecule has 0 spiro atoms. The average Bonchev–Trinajstić information content (AvgIpc) is 3.23. The third-order valence-corrected chi connectivity index (χ3v) is 6.78. The van der Waals surface area contributed by atoms with Crippen LogP contribution in [0.1, 0.15) is 31.9 Å². The maximum atomic E-state index is 14.7. The van der Waals surface area contributed by atoms with E-state index in [0.717, 1.165) is 15.1 Å². The van der Waals surface area contributed by atoms with E-state index in [4.69, 9.17) is 4.74 Å². The second kappa shape index (κ2) is 13.7. The van der Waals surface area contributed by atoms with E-state index in [9.17, 15) is 22.7 Å². The number of aliphatic hydroxyl groups excluding tert-OH is 1. The molecule has 0 radical (unpaired) electrons. The molecule has 3 aromatic rings. The zero-order valence-electron chi connectivity index (χ0n) is 21.7. The molecular weight excluding hydrogens is 518 g/mol. The number of benzene rings is 2. The first-order chi connectivity index (χ1) is 18.2. The van der Waals surface area contributed by atoms with E-state index < -0.39 is 24.9 Å². The molecular formula is C28H33F4N3O2S. The summed E-state index contributed by atoms with van der Waals surface area (Å²) in [6.45, 7) is 0.646. The number of nitrogens with zero attached hydrogens (tertiary/aromatic N) is 1. The number of methoxy groups -OCH3 is 1. The third kappa shape index (κ3) is 7.74. The fourth-order valence-electron chi connectivity index (χ4n) is 4.24. The molecule has 0 fully saturated rings. The van der Waals surface area contributed by atoms with Gasteiger partial charge in [0, 0.05) is 22.6 Å². The van der Waals surface area contributed by atoms with E-state index in [1.807, 2.05) is 31.4 Å². The first-order valence-electron chi connectivity index (χ1n) is 12.4. The molecule has 38 heavy (non-hydrogen) atoms. The number of anilines is 2. The zero-order valence-corrected chi connectivity index (χ0v) is 22.5. The predicted molar refractivity (Wildman–Crippen MR) is 147 cm³/mol. The van der Waals surface area contributed by atoms with Crippen LogP contribution in [0.15, 0.2) is 47.4 Å². The maximum Gasteiger partial charge on any atom is 0.406 e. The van der Waals surface area contributed by atoms with Crippen molar-refractivity contribution in [3.63, 3.8) is 0 Å². The van der Waals surface area contributed by atoms with Gasteiger partial charge in [0.2, 0.25) is 0 Å². The van der Waals surface area contributed by atoms with Crippen LogP contribution in [-0.2, 0) is 6.54 Å². The number of ether oxygens (including phenoxy) is 1. The number of nitrogens with one attached hydrogen (secondary N) is 2. The van der Waals surface area contributed by atoms with E-state index in [-0.39, 0.29) is 25.3 Å². The van der Waals surface area contributed by atoms with E-state index in [0.29, 0.717) is 35.2 Å². The minimum atomic E-state index is -4.46. The molecule has 10 heteroatoms. The molecule has 0 bridgehead atoms. The van der Waals surface area contributed by atoms with Crippen LogP contribution in [0.5, 0.6) is 5.75 Å². The fourth-order valence-corrected chi connectivity index (χ4v) is 4.67. The van der Waals surface area contributed by atoms with Gasteiger partial charge in [0.15, 0.2) is 0 Å². The molecule has 0 aliphatic carbocycles. The Bertz CT molecular complexity index is 1270. The van der Waals surface area contributed by atoms with Gasteiger partial charge in [-0.2, -0.15) is 13.2 Å². The lowest BCUT2D eigenvalue weighted by Crippen LogP contribution is -2.31. The molecule has 2 unspecified atom stereocenters. The summed E-state index contributed by atoms with van der Waals surface area (Å²) in [5, 5.41) is 16.2. The molecule has 2 atom stereocenters. The van der Waals surface area contributed by atoms with Gasteiger partial charge >= 0.3 is 6.18 Å². The Labute approximate surface area is 224 Å². The maximum absolute atomic E-state index is 14.7. The number of fused-ring (bicyclic) bond motifs is 1. The third-order valence-electron chi connectivity index (χ3n) is 6.06. The molecule has 0 saturated carbocycles. The molecule has 0 aliphatic rings. The summed E-state index contributed by atoms with van der Waals surface area (Å²) >= 11 is 1.58. The zero-order chi connectivity index (χ0) is 27.7. The number of aromatic nitrogens is 1. The van der Waals surface area contributed by atoms with Crippen molar-refractivity contribution < 1.29 is 27.4 Å². The molecule has 206 valence electrons. The number of thioether (sulfide) groups is 1. The highest BCUT2D eigenvalue weighted by Gasteiger charge is 2.30. The van der Waals surface area contributed by atoms with Crippen LogP contribution in [-0.4, -0.2) is 54.6 Å². The number of hydrogen-bond donors (Lipinski definition) is 3. The van der Waals surface area contributed by atoms with Crippen LogP contribution in [0, 0.1) is 11.8 Å². The molecule has 0 aliphatic heterocycles. The van der Waals surface area contributed by atoms with Crippen molar-refractivity contribution in [2.45, 2.75) is 56.0 Å². The Morgan fingerprint density at radius 3 is 2.58 bits per heavy atom. The van der Waals surface area contributed by atoms with Gasteiger partial charge in [0.1, 0.15) is 18.5 Å². The van der Waals surface area contributed by atoms with E-state index in [2.05, 4.69) is 22.5 Å². The molecule has 1 heterocycles. The van der Waals surface area contributed by atoms with Gasteiger partial charge in [-0.3, -0.25) is 0 Å². The van der Waals surface area contributed by atoms with Gasteiger partial charge in [-0.1, -0.05) is 25.3 Å². The number of alkyl halides is 4. The summed E-state index contributed by atoms with van der Waals surface area (Å²) in [5.74, 6) is 6.42. The molecule has 5 nitrogen and oxygen atoms in total. The van der Waals surface area contributed by atoms with Crippen molar-refractivity contribution in [2.75, 3.05) is 37.2 Å². The van der Waals surface area contributed by atoms with Crippen LogP contribution in [0.4, 0.5) is 28.9 Å². The lowest BCUT2D eigenvalue weighted by Gasteiger charge is -2.23. The van der Waals surface area contributed by atoms with Crippen molar-refractivity contribution in [3.05, 3.63) is 48.2 Å².